The Morgan fingerprint density at radius 3 is 2.32 bits per heavy atom. The van der Waals surface area contributed by atoms with Crippen molar-refractivity contribution in [2.24, 2.45) is 11.1 Å². The molecule has 0 fully saturated rings. The Morgan fingerprint density at radius 2 is 1.68 bits per heavy atom. The lowest BCUT2D eigenvalue weighted by Gasteiger charge is -2.28. The van der Waals surface area contributed by atoms with Crippen molar-refractivity contribution in [3.05, 3.63) is 48.0 Å². The zero-order valence-electron chi connectivity index (χ0n) is 17.0. The maximum Gasteiger partial charge on any atom is 0.405 e. The number of nitrogens with two attached hydrogens (primary N) is 1. The van der Waals surface area contributed by atoms with Crippen molar-refractivity contribution in [1.82, 2.24) is 10.6 Å². The molecule has 1 unspecified atom stereocenters. The van der Waals surface area contributed by atoms with Crippen LogP contribution in [0.4, 0.5) is 4.79 Å². The van der Waals surface area contributed by atoms with Crippen LogP contribution in [0.1, 0.15) is 52.1 Å². The second-order valence-electron chi connectivity index (χ2n) is 8.35. The highest BCUT2D eigenvalue weighted by atomic mass is 16.4. The van der Waals surface area contributed by atoms with Crippen LogP contribution in [0, 0.1) is 5.41 Å². The van der Waals surface area contributed by atoms with Crippen LogP contribution in [0.2, 0.25) is 0 Å². The van der Waals surface area contributed by atoms with Crippen LogP contribution >= 0.6 is 0 Å². The van der Waals surface area contributed by atoms with E-state index in [9.17, 15) is 9.59 Å². The maximum atomic E-state index is 12.8. The molecule has 2 aromatic carbocycles. The number of benzene rings is 2. The van der Waals surface area contributed by atoms with Crippen LogP contribution in [0.25, 0.3) is 10.8 Å². The molecule has 0 bridgehead atoms. The summed E-state index contributed by atoms with van der Waals surface area (Å²) in [6.45, 7) is 7.98. The molecule has 0 saturated heterocycles. The Labute approximate surface area is 166 Å². The first-order valence-corrected chi connectivity index (χ1v) is 9.62. The summed E-state index contributed by atoms with van der Waals surface area (Å²) < 4.78 is 0. The Balaban J connectivity index is 2.12. The molecule has 2 rings (SSSR count). The number of hydrogen-bond acceptors (Lipinski definition) is 3. The van der Waals surface area contributed by atoms with Gasteiger partial charge < -0.3 is 21.5 Å². The molecule has 0 spiro atoms. The van der Waals surface area contributed by atoms with Gasteiger partial charge in [0.2, 0.25) is 5.91 Å². The summed E-state index contributed by atoms with van der Waals surface area (Å²) in [4.78, 5) is 23.9. The normalized spacial score (nSPS) is 14.9. The predicted molar refractivity (Wildman–Crippen MR) is 112 cm³/mol. The molecule has 0 aliphatic rings. The van der Waals surface area contributed by atoms with E-state index < -0.39 is 12.1 Å². The van der Waals surface area contributed by atoms with E-state index in [1.54, 1.807) is 0 Å². The Morgan fingerprint density at radius 1 is 1.04 bits per heavy atom. The van der Waals surface area contributed by atoms with E-state index in [0.717, 1.165) is 16.3 Å². The molecule has 0 aliphatic heterocycles. The van der Waals surface area contributed by atoms with E-state index in [1.807, 2.05) is 70.2 Å². The van der Waals surface area contributed by atoms with Crippen LogP contribution in [-0.4, -0.2) is 29.2 Å². The van der Waals surface area contributed by atoms with Gasteiger partial charge in [0.15, 0.2) is 0 Å². The zero-order chi connectivity index (χ0) is 20.9. The first kappa shape index (κ1) is 21.7. The molecule has 2 amide bonds. The second-order valence-corrected chi connectivity index (χ2v) is 8.35. The Bertz CT molecular complexity index is 824. The summed E-state index contributed by atoms with van der Waals surface area (Å²) in [5, 5.41) is 16.6. The summed E-state index contributed by atoms with van der Waals surface area (Å²) in [6.07, 6.45) is -0.328. The van der Waals surface area contributed by atoms with Crippen molar-refractivity contribution < 1.29 is 14.7 Å². The van der Waals surface area contributed by atoms with E-state index in [4.69, 9.17) is 10.8 Å². The summed E-state index contributed by atoms with van der Waals surface area (Å²) in [7, 11) is 0. The highest BCUT2D eigenvalue weighted by Gasteiger charge is 2.26. The Kier molecular flexibility index (Phi) is 7.02. The van der Waals surface area contributed by atoms with Crippen molar-refractivity contribution in [2.45, 2.75) is 58.7 Å². The smallest absolute Gasteiger partial charge is 0.405 e. The molecule has 0 aromatic heterocycles. The molecule has 6 heteroatoms. The summed E-state index contributed by atoms with van der Waals surface area (Å²) in [6, 6.07) is 12.7. The molecule has 28 heavy (non-hydrogen) atoms. The molecule has 152 valence electrons. The van der Waals surface area contributed by atoms with E-state index >= 15 is 0 Å². The van der Waals surface area contributed by atoms with Crippen LogP contribution in [-0.2, 0) is 4.79 Å². The lowest BCUT2D eigenvalue weighted by Crippen LogP contribution is -2.48. The maximum absolute atomic E-state index is 12.8. The van der Waals surface area contributed by atoms with Gasteiger partial charge in [0.05, 0.1) is 6.04 Å². The predicted octanol–water partition coefficient (Wildman–Crippen LogP) is 3.81. The largest absolute Gasteiger partial charge is 0.465 e. The molecular formula is C22H31N3O3. The van der Waals surface area contributed by atoms with Crippen LogP contribution in [0.3, 0.4) is 0 Å². The first-order valence-electron chi connectivity index (χ1n) is 9.62. The molecule has 0 heterocycles. The van der Waals surface area contributed by atoms with Gasteiger partial charge in [-0.15, -0.1) is 0 Å². The van der Waals surface area contributed by atoms with Crippen molar-refractivity contribution in [1.29, 1.82) is 0 Å². The van der Waals surface area contributed by atoms with Crippen molar-refractivity contribution in [2.75, 3.05) is 0 Å². The molecule has 2 aromatic rings. The van der Waals surface area contributed by atoms with Gasteiger partial charge in [-0.2, -0.15) is 0 Å². The summed E-state index contributed by atoms with van der Waals surface area (Å²) >= 11 is 0. The molecule has 5 N–H and O–H groups in total. The summed E-state index contributed by atoms with van der Waals surface area (Å²) in [5.41, 5.74) is 7.06. The van der Waals surface area contributed by atoms with Gasteiger partial charge in [-0.3, -0.25) is 4.79 Å². The van der Waals surface area contributed by atoms with Crippen LogP contribution in [0.15, 0.2) is 42.5 Å². The number of carbonyl (C=O) groups is 2. The van der Waals surface area contributed by atoms with Gasteiger partial charge in [0.1, 0.15) is 6.04 Å². The monoisotopic (exact) mass is 385 g/mol. The highest BCUT2D eigenvalue weighted by Crippen LogP contribution is 2.25. The standard InChI is InChI=1S/C22H31N3O3/c1-14(16-11-7-9-15-8-5-6-10-17(15)16)24-20(26)18(25-21(27)28)12-13-19(23)22(2,3)4/h5-11,14,18-19,25H,12-13,23H2,1-4H3,(H,24,26)(H,27,28)/t14-,18?,19-/m0/s1. The lowest BCUT2D eigenvalue weighted by atomic mass is 9.84. The lowest BCUT2D eigenvalue weighted by molar-refractivity contribution is -0.123. The van der Waals surface area contributed by atoms with Gasteiger partial charge in [-0.05, 0) is 41.5 Å². The van der Waals surface area contributed by atoms with Gasteiger partial charge in [-0.1, -0.05) is 63.2 Å². The van der Waals surface area contributed by atoms with Crippen LogP contribution in [0.5, 0.6) is 0 Å². The fourth-order valence-corrected chi connectivity index (χ4v) is 3.22. The summed E-state index contributed by atoms with van der Waals surface area (Å²) in [5.74, 6) is -0.344. The number of carbonyl (C=O) groups excluding carboxylic acids is 1. The van der Waals surface area contributed by atoms with Gasteiger partial charge >= 0.3 is 6.09 Å². The number of fused-ring (bicyclic) bond motifs is 1. The third kappa shape index (κ3) is 5.70. The average molecular weight is 386 g/mol. The number of amides is 2. The van der Waals surface area contributed by atoms with Crippen LogP contribution < -0.4 is 16.4 Å². The molecule has 0 radical (unpaired) electrons. The van der Waals surface area contributed by atoms with E-state index in [-0.39, 0.29) is 23.4 Å². The van der Waals surface area contributed by atoms with Crippen molar-refractivity contribution in [3.8, 4) is 0 Å². The number of hydrogen-bond donors (Lipinski definition) is 4. The topological polar surface area (TPSA) is 104 Å². The van der Waals surface area contributed by atoms with E-state index in [0.29, 0.717) is 12.8 Å². The van der Waals surface area contributed by atoms with Gasteiger partial charge in [0, 0.05) is 6.04 Å². The third-order valence-corrected chi connectivity index (χ3v) is 5.14. The highest BCUT2D eigenvalue weighted by molar-refractivity contribution is 5.88. The molecular weight excluding hydrogens is 354 g/mol. The minimum Gasteiger partial charge on any atom is -0.465 e. The average Bonchev–Trinajstić information content (AvgIpc) is 2.63. The molecule has 6 nitrogen and oxygen atoms in total. The Hall–Kier alpha value is -2.60. The minimum absolute atomic E-state index is 0.111. The third-order valence-electron chi connectivity index (χ3n) is 5.14. The number of nitrogens with one attached hydrogen (secondary N) is 2. The van der Waals surface area contributed by atoms with Crippen molar-refractivity contribution >= 4 is 22.8 Å². The molecule has 3 atom stereocenters. The second kappa shape index (κ2) is 9.06. The van der Waals surface area contributed by atoms with Crippen molar-refractivity contribution in [3.63, 3.8) is 0 Å². The number of carboxylic acid groups (broad SMARTS) is 1. The van der Waals surface area contributed by atoms with E-state index in [1.165, 1.54) is 0 Å². The SMILES string of the molecule is C[C@H](NC(=O)C(CC[C@H](N)C(C)(C)C)NC(=O)O)c1cccc2ccccc12. The minimum atomic E-state index is -1.22. The van der Waals surface area contributed by atoms with Gasteiger partial charge in [0.25, 0.3) is 0 Å². The number of rotatable bonds is 7. The zero-order valence-corrected chi connectivity index (χ0v) is 17.0. The molecule has 0 saturated carbocycles. The fourth-order valence-electron chi connectivity index (χ4n) is 3.22. The first-order chi connectivity index (χ1) is 13.1. The quantitative estimate of drug-likeness (QED) is 0.582. The van der Waals surface area contributed by atoms with Gasteiger partial charge in [-0.25, -0.2) is 4.79 Å². The van der Waals surface area contributed by atoms with E-state index in [2.05, 4.69) is 10.6 Å². The fraction of sp³-hybridized carbons (Fsp3) is 0.455. The molecule has 0 aliphatic carbocycles.